The molecular formula is C34H26N2O4. The number of para-hydroxylation sites is 2. The fourth-order valence-corrected chi connectivity index (χ4v) is 5.29. The Labute approximate surface area is 231 Å². The number of fused-ring (bicyclic) bond motifs is 4. The summed E-state index contributed by atoms with van der Waals surface area (Å²) >= 11 is 0. The van der Waals surface area contributed by atoms with Crippen LogP contribution in [0.3, 0.4) is 0 Å². The molecule has 0 radical (unpaired) electrons. The number of carbonyl (C=O) groups excluding carboxylic acids is 1. The molecule has 196 valence electrons. The van der Waals surface area contributed by atoms with Gasteiger partial charge in [0.1, 0.15) is 16.8 Å². The first-order valence-electron chi connectivity index (χ1n) is 13.5. The lowest BCUT2D eigenvalue weighted by Crippen LogP contribution is -2.21. The molecule has 0 N–H and O–H groups in total. The molecule has 0 saturated heterocycles. The second-order valence-corrected chi connectivity index (χ2v) is 9.77. The summed E-state index contributed by atoms with van der Waals surface area (Å²) in [4.78, 5) is 20.1. The summed E-state index contributed by atoms with van der Waals surface area (Å²) in [5.74, 6) is 1.65. The van der Waals surface area contributed by atoms with Crippen molar-refractivity contribution < 1.29 is 18.7 Å². The molecule has 40 heavy (non-hydrogen) atoms. The molecule has 0 amide bonds. The summed E-state index contributed by atoms with van der Waals surface area (Å²) in [6, 6.07) is 29.6. The molecule has 7 rings (SSSR count). The quantitative estimate of drug-likeness (QED) is 0.210. The van der Waals surface area contributed by atoms with Gasteiger partial charge >= 0.3 is 5.97 Å². The minimum absolute atomic E-state index is 0.238. The number of anilines is 1. The third kappa shape index (κ3) is 4.05. The summed E-state index contributed by atoms with van der Waals surface area (Å²) in [6.45, 7) is 2.98. The standard InChI is InChI=1S/C34H26N2O4/c1-2-3-21-36-29(38-28-18-17-22-11-7-8-14-24(22)32(28)36)20-19-27-30(23-12-5-4-6-13-23)31(34(37)40-27)33-35-25-15-9-10-16-26(25)39-33/h4-20H,2-3,21H2,1H3/b27-19-,29-20-. The molecule has 3 heterocycles. The molecule has 0 atom stereocenters. The van der Waals surface area contributed by atoms with Crippen LogP contribution in [0.2, 0.25) is 0 Å². The highest BCUT2D eigenvalue weighted by Crippen LogP contribution is 2.45. The van der Waals surface area contributed by atoms with Gasteiger partial charge < -0.3 is 18.8 Å². The molecule has 0 saturated carbocycles. The van der Waals surface area contributed by atoms with E-state index in [0.717, 1.165) is 47.2 Å². The summed E-state index contributed by atoms with van der Waals surface area (Å²) < 4.78 is 18.2. The Morgan fingerprint density at radius 3 is 2.48 bits per heavy atom. The average molecular weight is 527 g/mol. The molecule has 2 aliphatic rings. The van der Waals surface area contributed by atoms with Gasteiger partial charge in [-0.25, -0.2) is 9.78 Å². The molecule has 5 aromatic rings. The third-order valence-corrected chi connectivity index (χ3v) is 7.20. The number of oxazole rings is 1. The van der Waals surface area contributed by atoms with Crippen molar-refractivity contribution in [2.45, 2.75) is 19.8 Å². The van der Waals surface area contributed by atoms with Crippen molar-refractivity contribution in [1.82, 2.24) is 4.98 Å². The van der Waals surface area contributed by atoms with Gasteiger partial charge in [0.25, 0.3) is 0 Å². The van der Waals surface area contributed by atoms with Gasteiger partial charge in [-0.1, -0.05) is 86.1 Å². The molecule has 0 unspecified atom stereocenters. The van der Waals surface area contributed by atoms with Crippen LogP contribution in [0.25, 0.3) is 33.0 Å². The van der Waals surface area contributed by atoms with E-state index in [-0.39, 0.29) is 5.89 Å². The molecule has 0 spiro atoms. The zero-order chi connectivity index (χ0) is 27.1. The Morgan fingerprint density at radius 1 is 0.825 bits per heavy atom. The number of hydrogen-bond donors (Lipinski definition) is 0. The Morgan fingerprint density at radius 2 is 1.62 bits per heavy atom. The lowest BCUT2D eigenvalue weighted by atomic mass is 9.99. The number of ether oxygens (including phenoxy) is 2. The van der Waals surface area contributed by atoms with Crippen LogP contribution in [-0.4, -0.2) is 17.5 Å². The van der Waals surface area contributed by atoms with Crippen molar-refractivity contribution in [3.63, 3.8) is 0 Å². The minimum Gasteiger partial charge on any atom is -0.439 e. The van der Waals surface area contributed by atoms with Crippen molar-refractivity contribution >= 4 is 44.7 Å². The SMILES string of the molecule is CCCCN1/C(=C/C=C2\OC(=O)C(c3nc4ccccc4o3)=C2c2ccccc2)Oc2ccc3ccccc3c21. The zero-order valence-electron chi connectivity index (χ0n) is 22.0. The fourth-order valence-electron chi connectivity index (χ4n) is 5.29. The predicted octanol–water partition coefficient (Wildman–Crippen LogP) is 7.87. The highest BCUT2D eigenvalue weighted by atomic mass is 16.5. The third-order valence-electron chi connectivity index (χ3n) is 7.20. The van der Waals surface area contributed by atoms with E-state index in [4.69, 9.17) is 13.9 Å². The number of esters is 1. The minimum atomic E-state index is -0.500. The van der Waals surface area contributed by atoms with E-state index >= 15 is 0 Å². The van der Waals surface area contributed by atoms with Gasteiger partial charge in [-0.15, -0.1) is 0 Å². The molecule has 6 heteroatoms. The normalized spacial score (nSPS) is 16.8. The summed E-state index contributed by atoms with van der Waals surface area (Å²) in [5, 5.41) is 2.30. The van der Waals surface area contributed by atoms with Crippen LogP contribution in [0.4, 0.5) is 5.69 Å². The van der Waals surface area contributed by atoms with Crippen LogP contribution in [-0.2, 0) is 9.53 Å². The fraction of sp³-hybridized carbons (Fsp3) is 0.118. The summed E-state index contributed by atoms with van der Waals surface area (Å²) in [7, 11) is 0. The lowest BCUT2D eigenvalue weighted by molar-refractivity contribution is -0.131. The van der Waals surface area contributed by atoms with Crippen LogP contribution in [0.15, 0.2) is 119 Å². The highest BCUT2D eigenvalue weighted by Gasteiger charge is 2.35. The number of cyclic esters (lactones) is 1. The van der Waals surface area contributed by atoms with Crippen molar-refractivity contribution in [3.05, 3.63) is 126 Å². The molecule has 1 aromatic heterocycles. The second kappa shape index (κ2) is 9.89. The number of nitrogens with zero attached hydrogens (tertiary/aromatic N) is 2. The first-order valence-corrected chi connectivity index (χ1v) is 13.5. The lowest BCUT2D eigenvalue weighted by Gasteiger charge is -2.19. The molecule has 0 aliphatic carbocycles. The summed E-state index contributed by atoms with van der Waals surface area (Å²) in [6.07, 6.45) is 5.74. The topological polar surface area (TPSA) is 64.8 Å². The van der Waals surface area contributed by atoms with Gasteiger partial charge in [0, 0.05) is 23.6 Å². The van der Waals surface area contributed by atoms with Crippen molar-refractivity contribution in [3.8, 4) is 5.75 Å². The maximum absolute atomic E-state index is 13.3. The van der Waals surface area contributed by atoms with Crippen LogP contribution in [0.5, 0.6) is 5.75 Å². The Balaban J connectivity index is 1.35. The van der Waals surface area contributed by atoms with Gasteiger partial charge in [0.15, 0.2) is 11.3 Å². The van der Waals surface area contributed by atoms with Crippen molar-refractivity contribution in [2.75, 3.05) is 11.4 Å². The van der Waals surface area contributed by atoms with E-state index in [1.165, 1.54) is 0 Å². The van der Waals surface area contributed by atoms with E-state index in [1.54, 1.807) is 6.08 Å². The van der Waals surface area contributed by atoms with E-state index in [1.807, 2.05) is 78.9 Å². The van der Waals surface area contributed by atoms with E-state index in [0.29, 0.717) is 33.9 Å². The average Bonchev–Trinajstić information content (AvgIpc) is 3.67. The number of aromatic nitrogens is 1. The van der Waals surface area contributed by atoms with Gasteiger partial charge in [-0.3, -0.25) is 0 Å². The second-order valence-electron chi connectivity index (χ2n) is 9.77. The van der Waals surface area contributed by atoms with Crippen LogP contribution in [0.1, 0.15) is 31.2 Å². The summed E-state index contributed by atoms with van der Waals surface area (Å²) in [5.41, 5.74) is 4.12. The number of carbonyl (C=O) groups is 1. The molecule has 2 aliphatic heterocycles. The first kappa shape index (κ1) is 24.0. The maximum Gasteiger partial charge on any atom is 0.349 e. The number of rotatable bonds is 6. The highest BCUT2D eigenvalue weighted by molar-refractivity contribution is 6.29. The number of benzene rings is 4. The Kier molecular flexibility index (Phi) is 5.93. The van der Waals surface area contributed by atoms with Crippen molar-refractivity contribution in [1.29, 1.82) is 0 Å². The smallest absolute Gasteiger partial charge is 0.349 e. The van der Waals surface area contributed by atoms with E-state index in [9.17, 15) is 4.79 Å². The van der Waals surface area contributed by atoms with E-state index in [2.05, 4.69) is 35.0 Å². The van der Waals surface area contributed by atoms with Gasteiger partial charge in [-0.2, -0.15) is 0 Å². The Hall–Kier alpha value is -5.10. The van der Waals surface area contributed by atoms with Crippen LogP contribution < -0.4 is 9.64 Å². The van der Waals surface area contributed by atoms with Crippen LogP contribution in [0, 0.1) is 0 Å². The van der Waals surface area contributed by atoms with Gasteiger partial charge in [0.05, 0.1) is 5.69 Å². The zero-order valence-corrected chi connectivity index (χ0v) is 22.0. The monoisotopic (exact) mass is 526 g/mol. The molecular weight excluding hydrogens is 500 g/mol. The Bertz CT molecular complexity index is 1830. The molecule has 6 nitrogen and oxygen atoms in total. The molecule has 0 fully saturated rings. The first-order chi connectivity index (χ1) is 19.7. The van der Waals surface area contributed by atoms with Gasteiger partial charge in [-0.05, 0) is 41.6 Å². The molecule has 0 bridgehead atoms. The van der Waals surface area contributed by atoms with E-state index < -0.39 is 5.97 Å². The number of hydrogen-bond acceptors (Lipinski definition) is 6. The van der Waals surface area contributed by atoms with Crippen LogP contribution >= 0.6 is 0 Å². The predicted molar refractivity (Wildman–Crippen MR) is 156 cm³/mol. The largest absolute Gasteiger partial charge is 0.439 e. The van der Waals surface area contributed by atoms with Gasteiger partial charge in [0.2, 0.25) is 11.8 Å². The number of allylic oxidation sites excluding steroid dienone is 3. The maximum atomic E-state index is 13.3. The van der Waals surface area contributed by atoms with Crippen molar-refractivity contribution in [2.24, 2.45) is 0 Å². The number of unbranched alkanes of at least 4 members (excludes halogenated alkanes) is 1. The molecule has 4 aromatic carbocycles.